The van der Waals surface area contributed by atoms with Crippen LogP contribution in [0, 0.1) is 40.4 Å². The van der Waals surface area contributed by atoms with Gasteiger partial charge in [-0.05, 0) is 106 Å². The van der Waals surface area contributed by atoms with Crippen molar-refractivity contribution >= 4 is 5.78 Å². The summed E-state index contributed by atoms with van der Waals surface area (Å²) in [6, 6.07) is 0. The van der Waals surface area contributed by atoms with Crippen molar-refractivity contribution < 1.29 is 25.2 Å². The molecule has 32 heavy (non-hydrogen) atoms. The molecule has 10 atom stereocenters. The van der Waals surface area contributed by atoms with Gasteiger partial charge in [-0.2, -0.15) is 0 Å². The summed E-state index contributed by atoms with van der Waals surface area (Å²) in [5, 5.41) is 41.7. The smallest absolute Gasteiger partial charge is 0.159 e. The van der Waals surface area contributed by atoms with E-state index >= 15 is 0 Å². The molecule has 4 aliphatic carbocycles. The number of hydrogen-bond donors (Lipinski definition) is 4. The highest BCUT2D eigenvalue weighted by molar-refractivity contribution is 5.94. The molecule has 0 spiro atoms. The van der Waals surface area contributed by atoms with Crippen molar-refractivity contribution in [2.24, 2.45) is 40.4 Å². The predicted molar refractivity (Wildman–Crippen MR) is 124 cm³/mol. The van der Waals surface area contributed by atoms with Gasteiger partial charge < -0.3 is 20.4 Å². The first kappa shape index (κ1) is 24.4. The molecule has 5 nitrogen and oxygen atoms in total. The second-order valence-electron chi connectivity index (χ2n) is 12.8. The molecule has 0 saturated heterocycles. The van der Waals surface area contributed by atoms with Gasteiger partial charge in [-0.15, -0.1) is 0 Å². The van der Waals surface area contributed by atoms with E-state index in [2.05, 4.69) is 20.8 Å². The normalized spacial score (nSPS) is 46.0. The summed E-state index contributed by atoms with van der Waals surface area (Å²) in [6.07, 6.45) is 6.16. The molecule has 0 bridgehead atoms. The summed E-state index contributed by atoms with van der Waals surface area (Å²) in [5.74, 6) is 1.12. The summed E-state index contributed by atoms with van der Waals surface area (Å²) >= 11 is 0. The Kier molecular flexibility index (Phi) is 6.23. The number of rotatable bonds is 5. The van der Waals surface area contributed by atoms with Gasteiger partial charge in [-0.1, -0.05) is 26.3 Å². The number of hydrogen-bond acceptors (Lipinski definition) is 5. The van der Waals surface area contributed by atoms with Gasteiger partial charge in [-0.25, -0.2) is 0 Å². The lowest BCUT2D eigenvalue weighted by molar-refractivity contribution is -0.143. The quantitative estimate of drug-likeness (QED) is 0.515. The van der Waals surface area contributed by atoms with Crippen molar-refractivity contribution in [2.75, 3.05) is 0 Å². The van der Waals surface area contributed by atoms with E-state index in [1.807, 2.05) is 6.08 Å². The third-order valence-electron chi connectivity index (χ3n) is 10.3. The van der Waals surface area contributed by atoms with Crippen molar-refractivity contribution in [2.45, 2.75) is 110 Å². The summed E-state index contributed by atoms with van der Waals surface area (Å²) < 4.78 is 0. The predicted octanol–water partition coefficient (Wildman–Crippen LogP) is 3.62. The number of aliphatic hydroxyl groups excluding tert-OH is 3. The highest BCUT2D eigenvalue weighted by atomic mass is 16.3. The second kappa shape index (κ2) is 8.18. The number of carbonyl (C=O) groups excluding carboxylic acids is 1. The standard InChI is InChI=1S/C27H44O5/c1-15(21(28)9-10-25(2,3)32)17-6-7-18-16-12-22(29)20-13-23(30)24(31)14-27(20,5)19(16)8-11-26(17,18)4/h12,15,17-21,23-24,28,30-32H,6-11,13-14H2,1-5H3/t15-,17-,18+,19-,20+,21-,23-,24+,26-,27-/m1/s1. The molecule has 0 aromatic heterocycles. The van der Waals surface area contributed by atoms with Gasteiger partial charge in [0, 0.05) is 5.92 Å². The summed E-state index contributed by atoms with van der Waals surface area (Å²) in [7, 11) is 0. The average Bonchev–Trinajstić information content (AvgIpc) is 3.04. The monoisotopic (exact) mass is 448 g/mol. The van der Waals surface area contributed by atoms with E-state index in [9.17, 15) is 25.2 Å². The minimum atomic E-state index is -0.803. The third kappa shape index (κ3) is 3.91. The van der Waals surface area contributed by atoms with Crippen molar-refractivity contribution in [1.29, 1.82) is 0 Å². The highest BCUT2D eigenvalue weighted by Gasteiger charge is 2.61. The summed E-state index contributed by atoms with van der Waals surface area (Å²) in [4.78, 5) is 13.2. The molecule has 0 aromatic carbocycles. The number of allylic oxidation sites excluding steroid dienone is 2. The Morgan fingerprint density at radius 2 is 1.72 bits per heavy atom. The van der Waals surface area contributed by atoms with Crippen LogP contribution in [0.15, 0.2) is 11.6 Å². The van der Waals surface area contributed by atoms with Gasteiger partial charge in [0.2, 0.25) is 0 Å². The molecule has 0 radical (unpaired) electrons. The molecule has 182 valence electrons. The van der Waals surface area contributed by atoms with Gasteiger partial charge in [0.25, 0.3) is 0 Å². The first-order valence-electron chi connectivity index (χ1n) is 12.8. The van der Waals surface area contributed by atoms with Gasteiger partial charge >= 0.3 is 0 Å². The molecule has 0 unspecified atom stereocenters. The molecule has 4 rings (SSSR count). The fourth-order valence-corrected chi connectivity index (χ4v) is 8.33. The minimum absolute atomic E-state index is 0.0632. The van der Waals surface area contributed by atoms with Crippen LogP contribution < -0.4 is 0 Å². The maximum Gasteiger partial charge on any atom is 0.159 e. The molecular formula is C27H44O5. The van der Waals surface area contributed by atoms with Crippen molar-refractivity contribution in [1.82, 2.24) is 0 Å². The Bertz CT molecular complexity index is 768. The molecule has 0 amide bonds. The van der Waals surface area contributed by atoms with Gasteiger partial charge in [0.1, 0.15) is 0 Å². The van der Waals surface area contributed by atoms with E-state index in [0.29, 0.717) is 43.4 Å². The molecule has 0 aliphatic heterocycles. The maximum absolute atomic E-state index is 13.2. The van der Waals surface area contributed by atoms with Gasteiger partial charge in [0.05, 0.1) is 23.9 Å². The Morgan fingerprint density at radius 3 is 2.38 bits per heavy atom. The van der Waals surface area contributed by atoms with Crippen LogP contribution in [0.25, 0.3) is 0 Å². The van der Waals surface area contributed by atoms with Crippen LogP contribution in [-0.2, 0) is 4.79 Å². The molecule has 0 heterocycles. The van der Waals surface area contributed by atoms with Gasteiger partial charge in [-0.3, -0.25) is 4.79 Å². The van der Waals surface area contributed by atoms with Crippen molar-refractivity contribution in [3.63, 3.8) is 0 Å². The topological polar surface area (TPSA) is 98.0 Å². The zero-order chi connectivity index (χ0) is 23.6. The van der Waals surface area contributed by atoms with E-state index in [-0.39, 0.29) is 28.4 Å². The first-order valence-corrected chi connectivity index (χ1v) is 12.8. The van der Waals surface area contributed by atoms with Crippen LogP contribution in [0.4, 0.5) is 0 Å². The van der Waals surface area contributed by atoms with E-state index in [1.54, 1.807) is 13.8 Å². The van der Waals surface area contributed by atoms with Crippen LogP contribution in [0.2, 0.25) is 0 Å². The average molecular weight is 449 g/mol. The lowest BCUT2D eigenvalue weighted by Gasteiger charge is -2.57. The van der Waals surface area contributed by atoms with Crippen molar-refractivity contribution in [3.8, 4) is 0 Å². The van der Waals surface area contributed by atoms with Gasteiger partial charge in [0.15, 0.2) is 5.78 Å². The zero-order valence-electron chi connectivity index (χ0n) is 20.6. The van der Waals surface area contributed by atoms with E-state index < -0.39 is 23.9 Å². The Balaban J connectivity index is 1.57. The fourth-order valence-electron chi connectivity index (χ4n) is 8.33. The minimum Gasteiger partial charge on any atom is -0.393 e. The Labute approximate surface area is 193 Å². The summed E-state index contributed by atoms with van der Waals surface area (Å²) in [6.45, 7) is 10.3. The molecule has 3 fully saturated rings. The van der Waals surface area contributed by atoms with Crippen molar-refractivity contribution in [3.05, 3.63) is 11.6 Å². The molecule has 0 aromatic rings. The van der Waals surface area contributed by atoms with Crippen LogP contribution in [0.3, 0.4) is 0 Å². The zero-order valence-corrected chi connectivity index (χ0v) is 20.6. The van der Waals surface area contributed by atoms with Crippen LogP contribution in [0.5, 0.6) is 0 Å². The maximum atomic E-state index is 13.2. The Hall–Kier alpha value is -0.750. The first-order chi connectivity index (χ1) is 14.8. The number of fused-ring (bicyclic) bond motifs is 5. The van der Waals surface area contributed by atoms with Crippen LogP contribution in [-0.4, -0.2) is 50.1 Å². The largest absolute Gasteiger partial charge is 0.393 e. The molecular weight excluding hydrogens is 404 g/mol. The Morgan fingerprint density at radius 1 is 1.06 bits per heavy atom. The lowest BCUT2D eigenvalue weighted by atomic mass is 9.47. The second-order valence-corrected chi connectivity index (χ2v) is 12.8. The molecule has 3 saturated carbocycles. The molecule has 5 heteroatoms. The van der Waals surface area contributed by atoms with E-state index in [0.717, 1.165) is 25.7 Å². The lowest BCUT2D eigenvalue weighted by Crippen LogP contribution is -2.56. The van der Waals surface area contributed by atoms with E-state index in [1.165, 1.54) is 5.57 Å². The fraction of sp³-hybridized carbons (Fsp3) is 0.889. The highest BCUT2D eigenvalue weighted by Crippen LogP contribution is 2.66. The number of carbonyl (C=O) groups is 1. The summed E-state index contributed by atoms with van der Waals surface area (Å²) in [5.41, 5.74) is 0.301. The van der Waals surface area contributed by atoms with Crippen LogP contribution in [0.1, 0.15) is 86.0 Å². The van der Waals surface area contributed by atoms with Crippen LogP contribution >= 0.6 is 0 Å². The van der Waals surface area contributed by atoms with E-state index in [4.69, 9.17) is 0 Å². The SMILES string of the molecule is C[C@@H]([C@H](O)CCC(C)(C)O)[C@H]1CC[C@H]2C3=CC(=O)[C@@H]4C[C@@H](O)[C@@H](O)C[C@]4(C)[C@@H]3CC[C@]12C. The molecule has 4 aliphatic rings. The number of ketones is 1. The number of aliphatic hydroxyl groups is 4. The molecule has 4 N–H and O–H groups in total. The third-order valence-corrected chi connectivity index (χ3v) is 10.3.